The summed E-state index contributed by atoms with van der Waals surface area (Å²) in [5, 5.41) is 11.0. The van der Waals surface area contributed by atoms with Gasteiger partial charge >= 0.3 is 11.4 Å². The van der Waals surface area contributed by atoms with Gasteiger partial charge < -0.3 is 15.1 Å². The number of piperazine rings is 1. The van der Waals surface area contributed by atoms with Crippen molar-refractivity contribution >= 4 is 55.1 Å². The Morgan fingerprint density at radius 2 is 1.17 bits per heavy atom. The highest BCUT2D eigenvalue weighted by Crippen LogP contribution is 2.26. The molecule has 2 fully saturated rings. The van der Waals surface area contributed by atoms with Crippen LogP contribution in [-0.2, 0) is 27.2 Å². The van der Waals surface area contributed by atoms with Crippen LogP contribution in [0.4, 0.5) is 11.6 Å². The van der Waals surface area contributed by atoms with Crippen molar-refractivity contribution < 1.29 is 0 Å². The summed E-state index contributed by atoms with van der Waals surface area (Å²) in [7, 11) is 2.92. The molecule has 0 bridgehead atoms. The molecule has 15 nitrogen and oxygen atoms in total. The molecule has 1 N–H and O–H groups in total. The molecule has 0 unspecified atom stereocenters. The number of nitrogens with one attached hydrogen (secondary N) is 1. The highest BCUT2D eigenvalue weighted by molar-refractivity contribution is 9.10. The molecule has 0 radical (unpaired) electrons. The lowest BCUT2D eigenvalue weighted by Gasteiger charge is -2.33. The summed E-state index contributed by atoms with van der Waals surface area (Å²) in [5.41, 5.74) is -1.47. The topological polar surface area (TPSA) is 158 Å². The maximum absolute atomic E-state index is 11.9. The Morgan fingerprint density at radius 1 is 0.704 bits per heavy atom. The van der Waals surface area contributed by atoms with Gasteiger partial charge in [0.05, 0.1) is 0 Å². The molecule has 2 saturated heterocycles. The van der Waals surface area contributed by atoms with E-state index in [0.717, 1.165) is 107 Å². The van der Waals surface area contributed by atoms with Crippen LogP contribution < -0.4 is 37.6 Å². The molecule has 0 aliphatic carbocycles. The van der Waals surface area contributed by atoms with E-state index in [1.54, 1.807) is 0 Å². The number of pyridine rings is 2. The number of aromatic nitrogens is 8. The van der Waals surface area contributed by atoms with E-state index in [2.05, 4.69) is 79.3 Å². The highest BCUT2D eigenvalue weighted by atomic mass is 79.9. The minimum Gasteiger partial charge on any atom is -0.357 e. The first-order valence-corrected chi connectivity index (χ1v) is 20.0. The summed E-state index contributed by atoms with van der Waals surface area (Å²) in [4.78, 5) is 59.3. The van der Waals surface area contributed by atoms with Crippen LogP contribution in [0.5, 0.6) is 0 Å². The summed E-state index contributed by atoms with van der Waals surface area (Å²) in [6, 6.07) is 12.0. The van der Waals surface area contributed by atoms with Gasteiger partial charge in [0, 0.05) is 72.3 Å². The number of piperidine rings is 1. The molecule has 6 heterocycles. The predicted molar refractivity (Wildman–Crippen MR) is 222 cm³/mol. The van der Waals surface area contributed by atoms with Gasteiger partial charge in [0.1, 0.15) is 33.2 Å². The Kier molecular flexibility index (Phi) is 19.3. The second-order valence-electron chi connectivity index (χ2n) is 12.8. The molecule has 0 saturated carbocycles. The first-order valence-electron chi connectivity index (χ1n) is 17.9. The summed E-state index contributed by atoms with van der Waals surface area (Å²) >= 11 is 12.3. The molecule has 4 aromatic rings. The van der Waals surface area contributed by atoms with E-state index in [1.807, 2.05) is 24.3 Å². The minimum atomic E-state index is -0.386. The molecule has 0 aromatic carbocycles. The molecule has 2 aliphatic heterocycles. The van der Waals surface area contributed by atoms with Gasteiger partial charge in [-0.25, -0.2) is 28.9 Å². The first-order chi connectivity index (χ1) is 25.6. The minimum absolute atomic E-state index is 0. The number of halogens is 3. The fraction of sp³-hybridized carbons (Fsp3) is 0.556. The molecule has 0 spiro atoms. The zero-order chi connectivity index (χ0) is 38.2. The molecule has 2 aliphatic rings. The Labute approximate surface area is 337 Å². The largest absolute Gasteiger partial charge is 0.357 e. The van der Waals surface area contributed by atoms with Gasteiger partial charge in [-0.1, -0.05) is 32.4 Å². The lowest BCUT2D eigenvalue weighted by atomic mass is 9.91. The molecule has 296 valence electrons. The number of nitrogens with zero attached hydrogens (tertiary/aromatic N) is 10. The number of unbranched alkanes of at least 4 members (excludes halogenated alkanes) is 2. The first kappa shape index (κ1) is 44.7. The van der Waals surface area contributed by atoms with Gasteiger partial charge in [-0.05, 0) is 94.1 Å². The van der Waals surface area contributed by atoms with Crippen molar-refractivity contribution in [3.63, 3.8) is 0 Å². The van der Waals surface area contributed by atoms with Crippen LogP contribution in [0.15, 0.2) is 77.2 Å². The Balaban J connectivity index is 0.000000237. The van der Waals surface area contributed by atoms with Crippen molar-refractivity contribution in [1.29, 1.82) is 0 Å². The van der Waals surface area contributed by atoms with E-state index in [9.17, 15) is 19.2 Å². The summed E-state index contributed by atoms with van der Waals surface area (Å²) in [6.45, 7) is 7.33. The number of aryl methyl sites for hydroxylation is 2. The van der Waals surface area contributed by atoms with E-state index >= 15 is 0 Å². The van der Waals surface area contributed by atoms with Crippen molar-refractivity contribution in [2.24, 2.45) is 20.0 Å². The lowest BCUT2D eigenvalue weighted by Crippen LogP contribution is -2.43. The molecule has 6 rings (SSSR count). The number of alkyl halides is 1. The Bertz CT molecular complexity index is 1970. The van der Waals surface area contributed by atoms with Crippen molar-refractivity contribution in [1.82, 2.24) is 44.0 Å². The van der Waals surface area contributed by atoms with Crippen LogP contribution in [-0.4, -0.2) is 83.8 Å². The number of hydrogen-bond donors (Lipinski definition) is 1. The van der Waals surface area contributed by atoms with E-state index in [-0.39, 0.29) is 29.9 Å². The highest BCUT2D eigenvalue weighted by Gasteiger charge is 2.20. The number of rotatable bonds is 11. The van der Waals surface area contributed by atoms with Crippen LogP contribution >= 0.6 is 43.5 Å². The van der Waals surface area contributed by atoms with Gasteiger partial charge in [-0.15, -0.1) is 11.6 Å². The molecular formula is C36H52Br2ClN11O4. The average Bonchev–Trinajstić information content (AvgIpc) is 3.17. The average molecular weight is 898 g/mol. The number of anilines is 2. The molecule has 0 amide bonds. The maximum atomic E-state index is 11.9. The van der Waals surface area contributed by atoms with Gasteiger partial charge in [0.2, 0.25) is 0 Å². The van der Waals surface area contributed by atoms with Crippen LogP contribution in [0.25, 0.3) is 0 Å². The van der Waals surface area contributed by atoms with Crippen molar-refractivity contribution in [3.8, 4) is 0 Å². The lowest BCUT2D eigenvalue weighted by molar-refractivity contribution is 0.359. The third-order valence-electron chi connectivity index (χ3n) is 9.06. The Morgan fingerprint density at radius 3 is 1.63 bits per heavy atom. The van der Waals surface area contributed by atoms with Crippen LogP contribution in [0.2, 0.25) is 0 Å². The SMILES string of the molecule is Brc1cccc(N2CCNCC2)n1.C.Cn1c(=O)cnn(CCCCC2CCN(c3cccc(Br)n3)CC2)c1=O.Cn1c(=O)cnn(CCCCCl)c1=O. The quantitative estimate of drug-likeness (QED) is 0.132. The molecule has 4 aromatic heterocycles. The standard InChI is InChI=1S/C18H24BrN5O2.C9H12BrN3.C8H12ClN3O2.CH4/c1-22-17(25)13-20-24(18(22)26)10-3-2-5-14-8-11-23(12-9-14)16-7-4-6-15(19)21-16;10-8-2-1-3-9(12-8)13-6-4-11-5-7-13;1-11-7(13)6-10-12(8(11)14)5-3-2-4-9;/h4,6-7,13-14H,2-3,5,8-12H2,1H3;1-3,11H,4-7H2;6H,2-5H2,1H3;1H4. The molecule has 0 atom stereocenters. The van der Waals surface area contributed by atoms with E-state index in [1.165, 1.54) is 48.9 Å². The van der Waals surface area contributed by atoms with Crippen molar-refractivity contribution in [2.75, 3.05) is 54.9 Å². The summed E-state index contributed by atoms with van der Waals surface area (Å²) in [5.74, 6) is 3.40. The van der Waals surface area contributed by atoms with E-state index in [4.69, 9.17) is 11.6 Å². The second-order valence-corrected chi connectivity index (χ2v) is 14.8. The van der Waals surface area contributed by atoms with E-state index < -0.39 is 0 Å². The van der Waals surface area contributed by atoms with Gasteiger partial charge in [-0.2, -0.15) is 10.2 Å². The third kappa shape index (κ3) is 13.9. The summed E-state index contributed by atoms with van der Waals surface area (Å²) in [6.07, 6.45) is 9.44. The van der Waals surface area contributed by atoms with Crippen LogP contribution in [0.3, 0.4) is 0 Å². The molecular weight excluding hydrogens is 846 g/mol. The third-order valence-corrected chi connectivity index (χ3v) is 10.2. The van der Waals surface area contributed by atoms with Gasteiger partial charge in [-0.3, -0.25) is 18.7 Å². The zero-order valence-electron chi connectivity index (χ0n) is 30.2. The normalized spacial score (nSPS) is 14.3. The number of hydrogen-bond acceptors (Lipinski definition) is 11. The predicted octanol–water partition coefficient (Wildman–Crippen LogP) is 4.04. The van der Waals surface area contributed by atoms with Crippen molar-refractivity contribution in [2.45, 2.75) is 65.5 Å². The fourth-order valence-corrected chi connectivity index (χ4v) is 6.75. The zero-order valence-corrected chi connectivity index (χ0v) is 34.2. The second kappa shape index (κ2) is 23.3. The fourth-order valence-electron chi connectivity index (χ4n) is 5.89. The maximum Gasteiger partial charge on any atom is 0.347 e. The molecule has 18 heteroatoms. The van der Waals surface area contributed by atoms with Gasteiger partial charge in [0.15, 0.2) is 0 Å². The van der Waals surface area contributed by atoms with E-state index in [0.29, 0.717) is 19.0 Å². The smallest absolute Gasteiger partial charge is 0.347 e. The van der Waals surface area contributed by atoms with Crippen molar-refractivity contribution in [3.05, 3.63) is 99.7 Å². The van der Waals surface area contributed by atoms with Crippen LogP contribution in [0.1, 0.15) is 52.4 Å². The van der Waals surface area contributed by atoms with Gasteiger partial charge in [0.25, 0.3) is 11.1 Å². The Hall–Kier alpha value is -3.67. The molecule has 54 heavy (non-hydrogen) atoms. The summed E-state index contributed by atoms with van der Waals surface area (Å²) < 4.78 is 6.56. The van der Waals surface area contributed by atoms with Crippen LogP contribution in [0, 0.1) is 5.92 Å². The monoisotopic (exact) mass is 895 g/mol.